The van der Waals surface area contributed by atoms with Gasteiger partial charge in [-0.15, -0.1) is 0 Å². The van der Waals surface area contributed by atoms with Crippen LogP contribution >= 0.6 is 0 Å². The SMILES string of the molecule is CC(C)(F)Cn1ncc2ccc(C(=O)N(Oc3ccc(F)cc3F)C3CCCCNC3=O)cc21. The maximum absolute atomic E-state index is 14.3. The minimum atomic E-state index is -1.54. The predicted octanol–water partition coefficient (Wildman–Crippen LogP) is 4.17. The molecule has 34 heavy (non-hydrogen) atoms. The minimum Gasteiger partial charge on any atom is -0.373 e. The molecule has 0 spiro atoms. The molecule has 3 aromatic rings. The molecule has 2 heterocycles. The van der Waals surface area contributed by atoms with Crippen molar-refractivity contribution < 1.29 is 27.6 Å². The second-order valence-corrected chi connectivity index (χ2v) is 8.89. The highest BCUT2D eigenvalue weighted by molar-refractivity contribution is 5.99. The van der Waals surface area contributed by atoms with Gasteiger partial charge in [-0.1, -0.05) is 6.07 Å². The lowest BCUT2D eigenvalue weighted by Crippen LogP contribution is -2.50. The van der Waals surface area contributed by atoms with Crippen LogP contribution in [0.1, 0.15) is 43.5 Å². The van der Waals surface area contributed by atoms with Crippen molar-refractivity contribution in [2.24, 2.45) is 0 Å². The van der Waals surface area contributed by atoms with Gasteiger partial charge in [-0.3, -0.25) is 14.3 Å². The zero-order valence-electron chi connectivity index (χ0n) is 18.9. The van der Waals surface area contributed by atoms with Gasteiger partial charge in [0.1, 0.15) is 17.5 Å². The van der Waals surface area contributed by atoms with E-state index in [0.29, 0.717) is 36.4 Å². The number of rotatable bonds is 6. The van der Waals surface area contributed by atoms with E-state index in [1.54, 1.807) is 12.3 Å². The standard InChI is InChI=1S/C24H25F3N4O3/c1-24(2,27)14-30-20-11-15(6-7-16(20)13-29-30)23(33)31(19-5-3-4-10-28-22(19)32)34-21-9-8-17(25)12-18(21)26/h6-9,11-13,19H,3-5,10,14H2,1-2H3,(H,28,32). The molecule has 0 aliphatic carbocycles. The van der Waals surface area contributed by atoms with Crippen LogP contribution in [0.2, 0.25) is 0 Å². The summed E-state index contributed by atoms with van der Waals surface area (Å²) in [4.78, 5) is 31.9. The van der Waals surface area contributed by atoms with E-state index in [2.05, 4.69) is 10.4 Å². The summed E-state index contributed by atoms with van der Waals surface area (Å²) < 4.78 is 43.4. The van der Waals surface area contributed by atoms with Gasteiger partial charge in [-0.05, 0) is 57.4 Å². The largest absolute Gasteiger partial charge is 0.373 e. The molecule has 4 rings (SSSR count). The summed E-state index contributed by atoms with van der Waals surface area (Å²) in [5.74, 6) is -3.33. The summed E-state index contributed by atoms with van der Waals surface area (Å²) in [6, 6.07) is 6.38. The maximum atomic E-state index is 14.3. The average Bonchev–Trinajstić information content (AvgIpc) is 3.03. The van der Waals surface area contributed by atoms with Crippen molar-refractivity contribution in [2.75, 3.05) is 6.54 Å². The molecule has 1 aliphatic heterocycles. The molecule has 1 fully saturated rings. The van der Waals surface area contributed by atoms with E-state index < -0.39 is 40.9 Å². The Morgan fingerprint density at radius 1 is 1.24 bits per heavy atom. The van der Waals surface area contributed by atoms with Crippen LogP contribution in [0.25, 0.3) is 10.9 Å². The third kappa shape index (κ3) is 5.16. The Hall–Kier alpha value is -3.56. The molecule has 2 aromatic carbocycles. The summed E-state index contributed by atoms with van der Waals surface area (Å²) in [6.45, 7) is 3.27. The molecular weight excluding hydrogens is 449 g/mol. The number of carbonyl (C=O) groups excluding carboxylic acids is 2. The summed E-state index contributed by atoms with van der Waals surface area (Å²) in [7, 11) is 0. The Kier molecular flexibility index (Phi) is 6.49. The fourth-order valence-corrected chi connectivity index (χ4v) is 3.86. The topological polar surface area (TPSA) is 76.5 Å². The van der Waals surface area contributed by atoms with E-state index in [1.165, 1.54) is 30.7 Å². The molecule has 1 unspecified atom stereocenters. The van der Waals surface area contributed by atoms with Gasteiger partial charge in [-0.25, -0.2) is 13.2 Å². The van der Waals surface area contributed by atoms with Crippen LogP contribution in [-0.4, -0.2) is 44.9 Å². The Bertz CT molecular complexity index is 1220. The van der Waals surface area contributed by atoms with Crippen LogP contribution in [-0.2, 0) is 11.3 Å². The Morgan fingerprint density at radius 3 is 2.76 bits per heavy atom. The number of carbonyl (C=O) groups is 2. The Morgan fingerprint density at radius 2 is 2.03 bits per heavy atom. The number of alkyl halides is 1. The number of halogens is 3. The highest BCUT2D eigenvalue weighted by atomic mass is 19.1. The number of aromatic nitrogens is 2. The smallest absolute Gasteiger partial charge is 0.287 e. The van der Waals surface area contributed by atoms with Gasteiger partial charge in [0.25, 0.3) is 5.91 Å². The number of hydroxylamine groups is 2. The van der Waals surface area contributed by atoms with Gasteiger partial charge in [-0.2, -0.15) is 10.2 Å². The fraction of sp³-hybridized carbons (Fsp3) is 0.375. The predicted molar refractivity (Wildman–Crippen MR) is 119 cm³/mol. The van der Waals surface area contributed by atoms with Gasteiger partial charge in [0, 0.05) is 23.6 Å². The van der Waals surface area contributed by atoms with E-state index in [4.69, 9.17) is 4.84 Å². The molecule has 1 aliphatic rings. The van der Waals surface area contributed by atoms with Crippen molar-refractivity contribution >= 4 is 22.7 Å². The number of hydrogen-bond donors (Lipinski definition) is 1. The number of benzene rings is 2. The van der Waals surface area contributed by atoms with Crippen LogP contribution in [0.3, 0.4) is 0 Å². The zero-order valence-corrected chi connectivity index (χ0v) is 18.9. The number of hydrogen-bond acceptors (Lipinski definition) is 4. The van der Waals surface area contributed by atoms with E-state index in [1.807, 2.05) is 0 Å². The molecule has 1 N–H and O–H groups in total. The minimum absolute atomic E-state index is 0.0276. The molecule has 1 atom stereocenters. The van der Waals surface area contributed by atoms with Gasteiger partial charge in [0.05, 0.1) is 18.3 Å². The van der Waals surface area contributed by atoms with Crippen molar-refractivity contribution in [1.82, 2.24) is 20.2 Å². The van der Waals surface area contributed by atoms with Gasteiger partial charge in [0.2, 0.25) is 5.91 Å². The molecule has 180 valence electrons. The lowest BCUT2D eigenvalue weighted by Gasteiger charge is -2.29. The van der Waals surface area contributed by atoms with Gasteiger partial charge < -0.3 is 10.2 Å². The van der Waals surface area contributed by atoms with Crippen molar-refractivity contribution in [2.45, 2.75) is 51.4 Å². The number of fused-ring (bicyclic) bond motifs is 1. The Balaban J connectivity index is 1.72. The van der Waals surface area contributed by atoms with E-state index >= 15 is 0 Å². The third-order valence-corrected chi connectivity index (χ3v) is 5.50. The molecular formula is C24H25F3N4O3. The van der Waals surface area contributed by atoms with Crippen LogP contribution in [0.5, 0.6) is 5.75 Å². The van der Waals surface area contributed by atoms with Crippen molar-refractivity contribution in [3.05, 3.63) is 59.8 Å². The van der Waals surface area contributed by atoms with E-state index in [0.717, 1.165) is 23.6 Å². The van der Waals surface area contributed by atoms with Crippen molar-refractivity contribution in [1.29, 1.82) is 0 Å². The molecule has 2 amide bonds. The number of nitrogens with one attached hydrogen (secondary N) is 1. The van der Waals surface area contributed by atoms with Crippen LogP contribution < -0.4 is 10.2 Å². The summed E-state index contributed by atoms with van der Waals surface area (Å²) in [6.07, 6.45) is 3.23. The molecule has 1 saturated heterocycles. The first-order valence-corrected chi connectivity index (χ1v) is 11.0. The first-order chi connectivity index (χ1) is 16.1. The van der Waals surface area contributed by atoms with Crippen LogP contribution in [0.15, 0.2) is 42.6 Å². The molecule has 7 nitrogen and oxygen atoms in total. The zero-order chi connectivity index (χ0) is 24.5. The third-order valence-electron chi connectivity index (χ3n) is 5.50. The Labute approximate surface area is 194 Å². The van der Waals surface area contributed by atoms with E-state index in [9.17, 15) is 22.8 Å². The number of nitrogens with zero attached hydrogens (tertiary/aromatic N) is 3. The molecule has 10 heteroatoms. The monoisotopic (exact) mass is 474 g/mol. The van der Waals surface area contributed by atoms with Gasteiger partial charge >= 0.3 is 0 Å². The second-order valence-electron chi connectivity index (χ2n) is 8.89. The van der Waals surface area contributed by atoms with Gasteiger partial charge in [0.15, 0.2) is 11.6 Å². The highest BCUT2D eigenvalue weighted by Crippen LogP contribution is 2.25. The number of amides is 2. The molecule has 0 radical (unpaired) electrons. The fourth-order valence-electron chi connectivity index (χ4n) is 3.86. The van der Waals surface area contributed by atoms with Crippen LogP contribution in [0, 0.1) is 11.6 Å². The van der Waals surface area contributed by atoms with E-state index in [-0.39, 0.29) is 12.1 Å². The summed E-state index contributed by atoms with van der Waals surface area (Å²) >= 11 is 0. The van der Waals surface area contributed by atoms with Crippen molar-refractivity contribution in [3.8, 4) is 5.75 Å². The summed E-state index contributed by atoms with van der Waals surface area (Å²) in [5, 5.41) is 8.46. The highest BCUT2D eigenvalue weighted by Gasteiger charge is 2.34. The normalized spacial score (nSPS) is 16.7. The first kappa shape index (κ1) is 23.6. The quantitative estimate of drug-likeness (QED) is 0.544. The van der Waals surface area contributed by atoms with Crippen LogP contribution in [0.4, 0.5) is 13.2 Å². The maximum Gasteiger partial charge on any atom is 0.287 e. The molecule has 0 bridgehead atoms. The van der Waals surface area contributed by atoms with Crippen molar-refractivity contribution in [3.63, 3.8) is 0 Å². The average molecular weight is 474 g/mol. The second kappa shape index (κ2) is 9.36. The lowest BCUT2D eigenvalue weighted by atomic mass is 10.1. The first-order valence-electron chi connectivity index (χ1n) is 11.0. The molecule has 0 saturated carbocycles. The molecule has 1 aromatic heterocycles. The summed E-state index contributed by atoms with van der Waals surface area (Å²) in [5.41, 5.74) is -0.868. The lowest BCUT2D eigenvalue weighted by molar-refractivity contribution is -0.136.